The fourth-order valence-corrected chi connectivity index (χ4v) is 8.46. The van der Waals surface area contributed by atoms with Crippen molar-refractivity contribution in [3.8, 4) is 5.75 Å². The molecule has 1 aromatic rings. The summed E-state index contributed by atoms with van der Waals surface area (Å²) in [6.07, 6.45) is 14.3. The number of nitrogens with zero attached hydrogens (tertiary/aromatic N) is 2. The van der Waals surface area contributed by atoms with Gasteiger partial charge in [0.15, 0.2) is 0 Å². The van der Waals surface area contributed by atoms with E-state index in [-0.39, 0.29) is 22.9 Å². The first-order valence-electron chi connectivity index (χ1n) is 14.2. The maximum absolute atomic E-state index is 13.4. The highest BCUT2D eigenvalue weighted by Crippen LogP contribution is 2.55. The Morgan fingerprint density at radius 1 is 0.972 bits per heavy atom. The number of likely N-dealkylation sites (tertiary alicyclic amines) is 2. The standard InChI is InChI=1S/C30H41N3O3/c1-2-36-26-6-4-3-5-25(26)7-8-27(34)32-12-9-29(10-13-32)11-14-33(21-29)28(35)31-30-18-22-15-23(19-30)17-24(16-22)20-30/h3-8,22-24H,2,9-21H2,1H3,(H,31,35). The number of carbonyl (C=O) groups is 2. The largest absolute Gasteiger partial charge is 0.493 e. The smallest absolute Gasteiger partial charge is 0.317 e. The lowest BCUT2D eigenvalue weighted by Crippen LogP contribution is -2.61. The van der Waals surface area contributed by atoms with Crippen molar-refractivity contribution < 1.29 is 14.3 Å². The third-order valence-electron chi connectivity index (χ3n) is 9.90. The van der Waals surface area contributed by atoms with E-state index in [0.29, 0.717) is 6.61 Å². The number of rotatable bonds is 5. The second kappa shape index (κ2) is 9.42. The first kappa shape index (κ1) is 23.9. The topological polar surface area (TPSA) is 61.9 Å². The van der Waals surface area contributed by atoms with Crippen molar-refractivity contribution in [1.29, 1.82) is 0 Å². The van der Waals surface area contributed by atoms with E-state index in [2.05, 4.69) is 10.2 Å². The quantitative estimate of drug-likeness (QED) is 0.584. The van der Waals surface area contributed by atoms with Gasteiger partial charge in [0.1, 0.15) is 5.75 Å². The van der Waals surface area contributed by atoms with Gasteiger partial charge in [0, 0.05) is 43.4 Å². The van der Waals surface area contributed by atoms with E-state index in [1.807, 2.05) is 42.2 Å². The summed E-state index contributed by atoms with van der Waals surface area (Å²) in [5.74, 6) is 3.38. The molecule has 0 radical (unpaired) electrons. The molecule has 0 aromatic heterocycles. The van der Waals surface area contributed by atoms with E-state index >= 15 is 0 Å². The highest BCUT2D eigenvalue weighted by Gasteiger charge is 2.52. The predicted molar refractivity (Wildman–Crippen MR) is 141 cm³/mol. The number of benzene rings is 1. The van der Waals surface area contributed by atoms with Gasteiger partial charge in [-0.3, -0.25) is 4.79 Å². The zero-order valence-electron chi connectivity index (χ0n) is 21.7. The number of hydrogen-bond acceptors (Lipinski definition) is 3. The molecule has 0 unspecified atom stereocenters. The molecule has 1 spiro atoms. The summed E-state index contributed by atoms with van der Waals surface area (Å²) in [4.78, 5) is 30.3. The molecule has 4 saturated carbocycles. The Hall–Kier alpha value is -2.50. The number of carbonyl (C=O) groups excluding carboxylic acids is 2. The van der Waals surface area contributed by atoms with Gasteiger partial charge in [-0.05, 0) is 100 Å². The Morgan fingerprint density at radius 3 is 2.22 bits per heavy atom. The van der Waals surface area contributed by atoms with E-state index < -0.39 is 0 Å². The molecule has 4 bridgehead atoms. The van der Waals surface area contributed by atoms with Crippen LogP contribution in [0.4, 0.5) is 4.79 Å². The summed E-state index contributed by atoms with van der Waals surface area (Å²) in [6.45, 7) is 5.78. The van der Waals surface area contributed by atoms with Gasteiger partial charge in [-0.1, -0.05) is 18.2 Å². The third kappa shape index (κ3) is 4.64. The van der Waals surface area contributed by atoms with Gasteiger partial charge >= 0.3 is 6.03 Å². The molecule has 3 amide bonds. The van der Waals surface area contributed by atoms with Gasteiger partial charge in [0.05, 0.1) is 6.61 Å². The molecule has 6 aliphatic rings. The maximum atomic E-state index is 13.4. The summed E-state index contributed by atoms with van der Waals surface area (Å²) in [6, 6.07) is 7.99. The van der Waals surface area contributed by atoms with Crippen LogP contribution in [0.5, 0.6) is 5.75 Å². The predicted octanol–water partition coefficient (Wildman–Crippen LogP) is 5.09. The molecule has 1 N–H and O–H groups in total. The maximum Gasteiger partial charge on any atom is 0.317 e. The number of para-hydroxylation sites is 1. The Kier molecular flexibility index (Phi) is 6.25. The number of amides is 3. The lowest BCUT2D eigenvalue weighted by molar-refractivity contribution is -0.128. The molecule has 6 fully saturated rings. The van der Waals surface area contributed by atoms with Crippen molar-refractivity contribution in [3.63, 3.8) is 0 Å². The molecule has 7 rings (SSSR count). The highest BCUT2D eigenvalue weighted by atomic mass is 16.5. The average Bonchev–Trinajstić information content (AvgIpc) is 3.26. The molecular weight excluding hydrogens is 450 g/mol. The molecule has 36 heavy (non-hydrogen) atoms. The van der Waals surface area contributed by atoms with Crippen molar-refractivity contribution >= 4 is 18.0 Å². The molecule has 2 saturated heterocycles. The normalized spacial score (nSPS) is 32.4. The van der Waals surface area contributed by atoms with Crippen LogP contribution in [-0.2, 0) is 4.79 Å². The van der Waals surface area contributed by atoms with Crippen LogP contribution in [0.25, 0.3) is 6.08 Å². The fraction of sp³-hybridized carbons (Fsp3) is 0.667. The van der Waals surface area contributed by atoms with E-state index in [0.717, 1.165) is 74.5 Å². The lowest BCUT2D eigenvalue weighted by Gasteiger charge is -2.57. The first-order valence-corrected chi connectivity index (χ1v) is 14.2. The third-order valence-corrected chi connectivity index (χ3v) is 9.90. The minimum Gasteiger partial charge on any atom is -0.493 e. The van der Waals surface area contributed by atoms with Crippen molar-refractivity contribution in [3.05, 3.63) is 35.9 Å². The summed E-state index contributed by atoms with van der Waals surface area (Å²) in [7, 11) is 0. The molecule has 2 aliphatic heterocycles. The number of urea groups is 1. The van der Waals surface area contributed by atoms with Gasteiger partial charge in [-0.15, -0.1) is 0 Å². The van der Waals surface area contributed by atoms with Crippen molar-refractivity contribution in [2.75, 3.05) is 32.8 Å². The second-order valence-electron chi connectivity index (χ2n) is 12.4. The second-order valence-corrected chi connectivity index (χ2v) is 12.4. The first-order chi connectivity index (χ1) is 17.4. The van der Waals surface area contributed by atoms with Gasteiger partial charge in [-0.2, -0.15) is 0 Å². The van der Waals surface area contributed by atoms with Gasteiger partial charge in [0.2, 0.25) is 5.91 Å². The number of piperidine rings is 1. The van der Waals surface area contributed by atoms with E-state index in [1.54, 1.807) is 6.08 Å². The Morgan fingerprint density at radius 2 is 1.58 bits per heavy atom. The van der Waals surface area contributed by atoms with Crippen molar-refractivity contribution in [2.45, 2.75) is 70.3 Å². The van der Waals surface area contributed by atoms with Crippen LogP contribution in [-0.4, -0.2) is 60.1 Å². The Labute approximate surface area is 215 Å². The monoisotopic (exact) mass is 491 g/mol. The summed E-state index contributed by atoms with van der Waals surface area (Å²) >= 11 is 0. The molecular formula is C30H41N3O3. The van der Waals surface area contributed by atoms with Gasteiger partial charge < -0.3 is 19.9 Å². The van der Waals surface area contributed by atoms with Crippen LogP contribution in [0.1, 0.15) is 70.3 Å². The lowest BCUT2D eigenvalue weighted by atomic mass is 9.53. The van der Waals surface area contributed by atoms with Crippen LogP contribution in [0.15, 0.2) is 30.3 Å². The number of hydrogen-bond donors (Lipinski definition) is 1. The minimum absolute atomic E-state index is 0.0607. The molecule has 6 nitrogen and oxygen atoms in total. The number of nitrogens with one attached hydrogen (secondary N) is 1. The van der Waals surface area contributed by atoms with E-state index in [9.17, 15) is 9.59 Å². The van der Waals surface area contributed by atoms with Crippen molar-refractivity contribution in [2.24, 2.45) is 23.2 Å². The SMILES string of the molecule is CCOc1ccccc1C=CC(=O)N1CCC2(CC1)CCN(C(=O)NC13CC4CC(CC(C4)C1)C3)C2. The zero-order valence-corrected chi connectivity index (χ0v) is 21.7. The Bertz CT molecular complexity index is 991. The summed E-state index contributed by atoms with van der Waals surface area (Å²) in [5.41, 5.74) is 1.17. The molecule has 6 heteroatoms. The van der Waals surface area contributed by atoms with Crippen LogP contribution in [0.2, 0.25) is 0 Å². The van der Waals surface area contributed by atoms with E-state index in [1.165, 1.54) is 38.5 Å². The zero-order chi connectivity index (χ0) is 24.8. The molecule has 2 heterocycles. The van der Waals surface area contributed by atoms with Gasteiger partial charge in [-0.25, -0.2) is 4.79 Å². The average molecular weight is 492 g/mol. The highest BCUT2D eigenvalue weighted by molar-refractivity contribution is 5.92. The van der Waals surface area contributed by atoms with Crippen LogP contribution in [0.3, 0.4) is 0 Å². The molecule has 1 aromatic carbocycles. The summed E-state index contributed by atoms with van der Waals surface area (Å²) < 4.78 is 5.67. The van der Waals surface area contributed by atoms with Crippen LogP contribution >= 0.6 is 0 Å². The fourth-order valence-electron chi connectivity index (χ4n) is 8.46. The summed E-state index contributed by atoms with van der Waals surface area (Å²) in [5, 5.41) is 3.56. The van der Waals surface area contributed by atoms with Crippen LogP contribution in [0, 0.1) is 23.2 Å². The number of ether oxygens (including phenoxy) is 1. The van der Waals surface area contributed by atoms with Crippen LogP contribution < -0.4 is 10.1 Å². The van der Waals surface area contributed by atoms with Crippen molar-refractivity contribution in [1.82, 2.24) is 15.1 Å². The molecule has 194 valence electrons. The van der Waals surface area contributed by atoms with Gasteiger partial charge in [0.25, 0.3) is 0 Å². The molecule has 4 aliphatic carbocycles. The minimum atomic E-state index is 0.0607. The van der Waals surface area contributed by atoms with E-state index in [4.69, 9.17) is 4.74 Å². The Balaban J connectivity index is 1.02. The molecule has 0 atom stereocenters.